The minimum atomic E-state index is -0.461. The van der Waals surface area contributed by atoms with Gasteiger partial charge in [-0.3, -0.25) is 0 Å². The first-order valence-corrected chi connectivity index (χ1v) is 8.82. The van der Waals surface area contributed by atoms with E-state index in [1.54, 1.807) is 45.6 Å². The Morgan fingerprint density at radius 2 is 1.39 bits per heavy atom. The van der Waals surface area contributed by atoms with E-state index in [9.17, 15) is 5.11 Å². The van der Waals surface area contributed by atoms with Gasteiger partial charge in [-0.25, -0.2) is 0 Å². The van der Waals surface area contributed by atoms with E-state index in [0.717, 1.165) is 11.1 Å². The minimum Gasteiger partial charge on any atom is -0.508 e. The molecule has 28 heavy (non-hydrogen) atoms. The van der Waals surface area contributed by atoms with Gasteiger partial charge in [-0.15, -0.1) is 0 Å². The van der Waals surface area contributed by atoms with Crippen LogP contribution < -0.4 is 14.2 Å². The molecule has 142 valence electrons. The largest absolute Gasteiger partial charge is 0.508 e. The van der Waals surface area contributed by atoms with Crippen molar-refractivity contribution < 1.29 is 19.3 Å². The third-order valence-corrected chi connectivity index (χ3v) is 4.42. The second kappa shape index (κ2) is 8.88. The zero-order valence-electron chi connectivity index (χ0n) is 16.1. The average Bonchev–Trinajstić information content (AvgIpc) is 2.75. The van der Waals surface area contributed by atoms with Crippen LogP contribution >= 0.6 is 0 Å². The van der Waals surface area contributed by atoms with Crippen LogP contribution in [0.4, 0.5) is 0 Å². The van der Waals surface area contributed by atoms with Gasteiger partial charge < -0.3 is 19.3 Å². The molecule has 1 atom stereocenters. The van der Waals surface area contributed by atoms with Crippen molar-refractivity contribution in [1.82, 2.24) is 0 Å². The number of aromatic hydroxyl groups is 1. The first kappa shape index (κ1) is 19.2. The predicted molar refractivity (Wildman–Crippen MR) is 109 cm³/mol. The normalized spacial score (nSPS) is 11.1. The topological polar surface area (TPSA) is 47.9 Å². The van der Waals surface area contributed by atoms with E-state index >= 15 is 0 Å². The van der Waals surface area contributed by atoms with E-state index in [2.05, 4.69) is 11.8 Å². The van der Waals surface area contributed by atoms with Crippen molar-refractivity contribution in [2.24, 2.45) is 0 Å². The SMILES string of the molecule is COc1cc(OC)c(C(C#Cc2ccccc2)c2ccccc2O)c(OC)c1. The molecule has 4 heteroatoms. The molecule has 0 heterocycles. The Bertz CT molecular complexity index is 975. The summed E-state index contributed by atoms with van der Waals surface area (Å²) in [5.74, 6) is 7.95. The summed E-state index contributed by atoms with van der Waals surface area (Å²) in [6, 6.07) is 20.4. The van der Waals surface area contributed by atoms with Gasteiger partial charge in [0.15, 0.2) is 0 Å². The standard InChI is InChI=1S/C24H22O4/c1-26-18-15-22(27-2)24(23(16-18)28-3)20(19-11-7-8-12-21(19)25)14-13-17-9-5-4-6-10-17/h4-12,15-16,20,25H,1-3H3. The van der Waals surface area contributed by atoms with Crippen molar-refractivity contribution in [2.45, 2.75) is 5.92 Å². The van der Waals surface area contributed by atoms with Crippen LogP contribution in [-0.2, 0) is 0 Å². The highest BCUT2D eigenvalue weighted by Crippen LogP contribution is 2.43. The molecular formula is C24H22O4. The van der Waals surface area contributed by atoms with Crippen molar-refractivity contribution in [1.29, 1.82) is 0 Å². The number of para-hydroxylation sites is 1. The van der Waals surface area contributed by atoms with Crippen molar-refractivity contribution in [3.63, 3.8) is 0 Å². The number of phenols is 1. The lowest BCUT2D eigenvalue weighted by Crippen LogP contribution is -2.05. The molecule has 4 nitrogen and oxygen atoms in total. The Morgan fingerprint density at radius 1 is 0.786 bits per heavy atom. The Kier molecular flexibility index (Phi) is 6.08. The summed E-state index contributed by atoms with van der Waals surface area (Å²) in [6.07, 6.45) is 0. The van der Waals surface area contributed by atoms with Crippen LogP contribution in [0.5, 0.6) is 23.0 Å². The summed E-state index contributed by atoms with van der Waals surface area (Å²) in [6.45, 7) is 0. The molecule has 0 aliphatic rings. The van der Waals surface area contributed by atoms with Gasteiger partial charge in [0, 0.05) is 23.3 Å². The van der Waals surface area contributed by atoms with Crippen LogP contribution in [0, 0.1) is 11.8 Å². The first-order valence-electron chi connectivity index (χ1n) is 8.82. The summed E-state index contributed by atoms with van der Waals surface area (Å²) < 4.78 is 16.6. The summed E-state index contributed by atoms with van der Waals surface area (Å²) in [5.41, 5.74) is 2.29. The molecule has 0 amide bonds. The molecular weight excluding hydrogens is 352 g/mol. The predicted octanol–water partition coefficient (Wildman–Crippen LogP) is 4.60. The van der Waals surface area contributed by atoms with Crippen LogP contribution in [0.15, 0.2) is 66.7 Å². The second-order valence-electron chi connectivity index (χ2n) is 6.07. The van der Waals surface area contributed by atoms with Crippen molar-refractivity contribution in [2.75, 3.05) is 21.3 Å². The van der Waals surface area contributed by atoms with E-state index in [-0.39, 0.29) is 5.75 Å². The second-order valence-corrected chi connectivity index (χ2v) is 6.07. The van der Waals surface area contributed by atoms with Gasteiger partial charge in [0.2, 0.25) is 0 Å². The molecule has 0 aliphatic heterocycles. The number of ether oxygens (including phenoxy) is 3. The lowest BCUT2D eigenvalue weighted by molar-refractivity contribution is 0.368. The average molecular weight is 374 g/mol. The third kappa shape index (κ3) is 4.05. The first-order chi connectivity index (χ1) is 13.7. The number of benzene rings is 3. The smallest absolute Gasteiger partial charge is 0.131 e. The molecule has 1 N–H and O–H groups in total. The van der Waals surface area contributed by atoms with Crippen LogP contribution in [0.2, 0.25) is 0 Å². The fourth-order valence-electron chi connectivity index (χ4n) is 3.03. The number of phenolic OH excluding ortho intramolecular Hbond substituents is 1. The van der Waals surface area contributed by atoms with Crippen LogP contribution in [-0.4, -0.2) is 26.4 Å². The fourth-order valence-corrected chi connectivity index (χ4v) is 3.03. The Balaban J connectivity index is 2.23. The zero-order valence-corrected chi connectivity index (χ0v) is 16.1. The molecule has 0 saturated carbocycles. The molecule has 1 unspecified atom stereocenters. The lowest BCUT2D eigenvalue weighted by atomic mass is 9.89. The molecule has 0 aliphatic carbocycles. The summed E-state index contributed by atoms with van der Waals surface area (Å²) in [7, 11) is 4.76. The quantitative estimate of drug-likeness (QED) is 0.663. The highest BCUT2D eigenvalue weighted by molar-refractivity contribution is 5.60. The molecule has 3 aromatic rings. The van der Waals surface area contributed by atoms with E-state index in [1.165, 1.54) is 0 Å². The summed E-state index contributed by atoms with van der Waals surface area (Å²) in [5, 5.41) is 10.5. The summed E-state index contributed by atoms with van der Waals surface area (Å²) in [4.78, 5) is 0. The number of hydrogen-bond donors (Lipinski definition) is 1. The Hall–Kier alpha value is -3.58. The molecule has 0 fully saturated rings. The maximum atomic E-state index is 10.5. The van der Waals surface area contributed by atoms with Gasteiger partial charge in [0.05, 0.1) is 32.8 Å². The van der Waals surface area contributed by atoms with Crippen LogP contribution in [0.25, 0.3) is 0 Å². The molecule has 0 bridgehead atoms. The molecule has 3 rings (SSSR count). The van der Waals surface area contributed by atoms with E-state index < -0.39 is 5.92 Å². The maximum Gasteiger partial charge on any atom is 0.131 e. The van der Waals surface area contributed by atoms with Gasteiger partial charge in [-0.05, 0) is 18.2 Å². The zero-order chi connectivity index (χ0) is 19.9. The Morgan fingerprint density at radius 3 is 1.96 bits per heavy atom. The van der Waals surface area contributed by atoms with E-state index in [0.29, 0.717) is 22.8 Å². The van der Waals surface area contributed by atoms with Gasteiger partial charge in [-0.1, -0.05) is 48.2 Å². The van der Waals surface area contributed by atoms with E-state index in [4.69, 9.17) is 14.2 Å². The monoisotopic (exact) mass is 374 g/mol. The van der Waals surface area contributed by atoms with Gasteiger partial charge in [0.1, 0.15) is 23.0 Å². The molecule has 0 radical (unpaired) electrons. The van der Waals surface area contributed by atoms with Gasteiger partial charge in [0.25, 0.3) is 0 Å². The lowest BCUT2D eigenvalue weighted by Gasteiger charge is -2.20. The molecule has 0 spiro atoms. The van der Waals surface area contributed by atoms with Crippen LogP contribution in [0.1, 0.15) is 22.6 Å². The van der Waals surface area contributed by atoms with Crippen molar-refractivity contribution >= 4 is 0 Å². The van der Waals surface area contributed by atoms with Gasteiger partial charge in [-0.2, -0.15) is 0 Å². The summed E-state index contributed by atoms with van der Waals surface area (Å²) >= 11 is 0. The highest BCUT2D eigenvalue weighted by Gasteiger charge is 2.24. The van der Waals surface area contributed by atoms with Crippen LogP contribution in [0.3, 0.4) is 0 Å². The van der Waals surface area contributed by atoms with Gasteiger partial charge >= 0.3 is 0 Å². The fraction of sp³-hybridized carbons (Fsp3) is 0.167. The molecule has 0 saturated heterocycles. The highest BCUT2D eigenvalue weighted by atomic mass is 16.5. The van der Waals surface area contributed by atoms with Crippen molar-refractivity contribution in [3.05, 3.63) is 83.4 Å². The Labute approximate surface area is 165 Å². The molecule has 3 aromatic carbocycles. The van der Waals surface area contributed by atoms with Crippen molar-refractivity contribution in [3.8, 4) is 34.8 Å². The van der Waals surface area contributed by atoms with E-state index in [1.807, 2.05) is 42.5 Å². The minimum absolute atomic E-state index is 0.162. The maximum absolute atomic E-state index is 10.5. The number of rotatable bonds is 5. The molecule has 0 aromatic heterocycles. The number of hydrogen-bond acceptors (Lipinski definition) is 4. The number of methoxy groups -OCH3 is 3. The third-order valence-electron chi connectivity index (χ3n) is 4.42.